The molecule has 0 fully saturated rings. The zero-order valence-corrected chi connectivity index (χ0v) is 18.7. The number of aromatic nitrogens is 2. The smallest absolute Gasteiger partial charge is 0.0631 e. The van der Waals surface area contributed by atoms with Crippen LogP contribution in [0.15, 0.2) is 12.3 Å². The van der Waals surface area contributed by atoms with Gasteiger partial charge in [-0.25, -0.2) is 0 Å². The van der Waals surface area contributed by atoms with Crippen molar-refractivity contribution in [3.63, 3.8) is 0 Å². The van der Waals surface area contributed by atoms with Crippen LogP contribution in [0.2, 0.25) is 0 Å². The summed E-state index contributed by atoms with van der Waals surface area (Å²) in [5.74, 6) is 0.571. The van der Waals surface area contributed by atoms with Crippen LogP contribution in [0.5, 0.6) is 0 Å². The summed E-state index contributed by atoms with van der Waals surface area (Å²) in [6, 6.07) is 3.16. The van der Waals surface area contributed by atoms with Crippen LogP contribution in [0.1, 0.15) is 88.8 Å². The maximum Gasteiger partial charge on any atom is 0.0631 e. The Morgan fingerprint density at radius 3 is 1.88 bits per heavy atom. The predicted molar refractivity (Wildman–Crippen MR) is 108 cm³/mol. The standard InChI is InChI=1S/C22H41N3/c1-15(2)18-19(5,6)21(9,10)22(11,12)25-17(13-14-23-25)20(7,8)24(18)16(3)4/h13-16,18H,1-12H3. The van der Waals surface area contributed by atoms with Crippen LogP contribution in [0.3, 0.4) is 0 Å². The van der Waals surface area contributed by atoms with Crippen molar-refractivity contribution in [2.75, 3.05) is 0 Å². The SMILES string of the molecule is CC(C)C1N(C(C)C)C(C)(C)c2ccnn2C(C)(C)C(C)(C)C1(C)C. The Bertz CT molecular complexity index is 617. The molecule has 25 heavy (non-hydrogen) atoms. The van der Waals surface area contributed by atoms with Crippen LogP contribution in [0.4, 0.5) is 0 Å². The Hall–Kier alpha value is -0.830. The van der Waals surface area contributed by atoms with Gasteiger partial charge in [-0.1, -0.05) is 41.5 Å². The van der Waals surface area contributed by atoms with Crippen molar-refractivity contribution in [3.8, 4) is 0 Å². The lowest BCUT2D eigenvalue weighted by atomic mass is 9.53. The van der Waals surface area contributed by atoms with Gasteiger partial charge in [0, 0.05) is 18.3 Å². The molecule has 1 aromatic heterocycles. The van der Waals surface area contributed by atoms with Gasteiger partial charge in [-0.15, -0.1) is 0 Å². The van der Waals surface area contributed by atoms with Crippen LogP contribution < -0.4 is 0 Å². The first kappa shape index (κ1) is 20.5. The predicted octanol–water partition coefficient (Wildman–Crippen LogP) is 5.65. The van der Waals surface area contributed by atoms with Gasteiger partial charge in [-0.05, 0) is 64.4 Å². The van der Waals surface area contributed by atoms with Crippen LogP contribution in [0, 0.1) is 16.7 Å². The van der Waals surface area contributed by atoms with Crippen LogP contribution in [-0.4, -0.2) is 26.8 Å². The molecule has 1 aromatic rings. The Balaban J connectivity index is 2.93. The maximum absolute atomic E-state index is 4.82. The molecule has 1 aliphatic heterocycles. The molecule has 1 aliphatic rings. The van der Waals surface area contributed by atoms with Gasteiger partial charge in [0.05, 0.1) is 16.8 Å². The fraction of sp³-hybridized carbons (Fsp3) is 0.864. The van der Waals surface area contributed by atoms with Gasteiger partial charge >= 0.3 is 0 Å². The second kappa shape index (κ2) is 5.84. The summed E-state index contributed by atoms with van der Waals surface area (Å²) in [4.78, 5) is 2.75. The molecule has 0 radical (unpaired) electrons. The largest absolute Gasteiger partial charge is 0.286 e. The molecule has 0 spiro atoms. The summed E-state index contributed by atoms with van der Waals surface area (Å²) in [5.41, 5.74) is 1.32. The summed E-state index contributed by atoms with van der Waals surface area (Å²) in [7, 11) is 0. The van der Waals surface area contributed by atoms with Crippen molar-refractivity contribution in [3.05, 3.63) is 18.0 Å². The van der Waals surface area contributed by atoms with Crippen LogP contribution in [0.25, 0.3) is 0 Å². The third kappa shape index (κ3) is 2.60. The lowest BCUT2D eigenvalue weighted by Gasteiger charge is -2.64. The molecule has 0 aliphatic carbocycles. The van der Waals surface area contributed by atoms with Crippen molar-refractivity contribution >= 4 is 0 Å². The van der Waals surface area contributed by atoms with E-state index in [0.29, 0.717) is 18.0 Å². The second-order valence-electron chi connectivity index (χ2n) is 10.8. The molecule has 144 valence electrons. The van der Waals surface area contributed by atoms with Crippen molar-refractivity contribution in [2.24, 2.45) is 16.7 Å². The first-order valence-corrected chi connectivity index (χ1v) is 9.95. The second-order valence-corrected chi connectivity index (χ2v) is 10.8. The minimum Gasteiger partial charge on any atom is -0.286 e. The monoisotopic (exact) mass is 347 g/mol. The van der Waals surface area contributed by atoms with E-state index in [0.717, 1.165) is 0 Å². The van der Waals surface area contributed by atoms with Crippen molar-refractivity contribution in [1.29, 1.82) is 0 Å². The molecule has 0 aromatic carbocycles. The average molecular weight is 348 g/mol. The molecule has 0 saturated carbocycles. The molecule has 2 heterocycles. The van der Waals surface area contributed by atoms with E-state index >= 15 is 0 Å². The quantitative estimate of drug-likeness (QED) is 0.689. The average Bonchev–Trinajstić information content (AvgIpc) is 2.92. The summed E-state index contributed by atoms with van der Waals surface area (Å²) < 4.78 is 2.31. The highest BCUT2D eigenvalue weighted by atomic mass is 15.4. The molecule has 1 atom stereocenters. The normalized spacial score (nSPS) is 27.8. The molecule has 2 rings (SSSR count). The van der Waals surface area contributed by atoms with Crippen LogP contribution >= 0.6 is 0 Å². The van der Waals surface area contributed by atoms with E-state index in [1.54, 1.807) is 0 Å². The fourth-order valence-electron chi connectivity index (χ4n) is 5.58. The molecule has 0 bridgehead atoms. The highest BCUT2D eigenvalue weighted by molar-refractivity contribution is 5.21. The minimum atomic E-state index is -0.0805. The van der Waals surface area contributed by atoms with E-state index in [9.17, 15) is 0 Å². The van der Waals surface area contributed by atoms with E-state index in [2.05, 4.69) is 98.7 Å². The summed E-state index contributed by atoms with van der Waals surface area (Å²) >= 11 is 0. The van der Waals surface area contributed by atoms with Gasteiger partial charge in [0.1, 0.15) is 0 Å². The number of hydrogen-bond acceptors (Lipinski definition) is 2. The maximum atomic E-state index is 4.82. The number of rotatable bonds is 2. The molecule has 1 unspecified atom stereocenters. The van der Waals surface area contributed by atoms with E-state index in [1.165, 1.54) is 5.69 Å². The van der Waals surface area contributed by atoms with Crippen molar-refractivity contribution in [1.82, 2.24) is 14.7 Å². The van der Waals surface area contributed by atoms with Crippen molar-refractivity contribution < 1.29 is 0 Å². The number of hydrogen-bond donors (Lipinski definition) is 0. The minimum absolute atomic E-state index is 0.0549. The zero-order chi connectivity index (χ0) is 19.6. The number of fused-ring (bicyclic) bond motifs is 1. The van der Waals surface area contributed by atoms with Crippen LogP contribution in [-0.2, 0) is 11.1 Å². The van der Waals surface area contributed by atoms with E-state index in [1.807, 2.05) is 6.20 Å². The Morgan fingerprint density at radius 2 is 1.44 bits per heavy atom. The zero-order valence-electron chi connectivity index (χ0n) is 18.7. The third-order valence-corrected chi connectivity index (χ3v) is 7.81. The van der Waals surface area contributed by atoms with E-state index in [4.69, 9.17) is 5.10 Å². The molecular weight excluding hydrogens is 306 g/mol. The number of nitrogens with zero attached hydrogens (tertiary/aromatic N) is 3. The third-order valence-electron chi connectivity index (χ3n) is 7.81. The molecule has 3 nitrogen and oxygen atoms in total. The first-order chi connectivity index (χ1) is 11.1. The van der Waals surface area contributed by atoms with Gasteiger partial charge in [0.25, 0.3) is 0 Å². The van der Waals surface area contributed by atoms with E-state index in [-0.39, 0.29) is 21.9 Å². The summed E-state index contributed by atoms with van der Waals surface area (Å²) in [5, 5.41) is 4.82. The lowest BCUT2D eigenvalue weighted by Crippen LogP contribution is -2.67. The van der Waals surface area contributed by atoms with Gasteiger partial charge in [0.15, 0.2) is 0 Å². The molecule has 0 N–H and O–H groups in total. The topological polar surface area (TPSA) is 21.1 Å². The fourth-order valence-corrected chi connectivity index (χ4v) is 5.58. The van der Waals surface area contributed by atoms with Gasteiger partial charge < -0.3 is 0 Å². The lowest BCUT2D eigenvalue weighted by molar-refractivity contribution is -0.142. The summed E-state index contributed by atoms with van der Waals surface area (Å²) in [6.07, 6.45) is 1.98. The highest BCUT2D eigenvalue weighted by Gasteiger charge is 2.59. The Labute approximate surface area is 156 Å². The van der Waals surface area contributed by atoms with Crippen molar-refractivity contribution in [2.45, 2.75) is 106 Å². The van der Waals surface area contributed by atoms with Gasteiger partial charge in [-0.2, -0.15) is 5.10 Å². The molecule has 0 amide bonds. The van der Waals surface area contributed by atoms with Gasteiger partial charge in [0.2, 0.25) is 0 Å². The summed E-state index contributed by atoms with van der Waals surface area (Å²) in [6.45, 7) is 28.8. The van der Waals surface area contributed by atoms with Gasteiger partial charge in [-0.3, -0.25) is 9.58 Å². The molecule has 0 saturated heterocycles. The molecular formula is C22H41N3. The molecule has 3 heteroatoms. The Morgan fingerprint density at radius 1 is 0.920 bits per heavy atom. The first-order valence-electron chi connectivity index (χ1n) is 9.95. The highest BCUT2D eigenvalue weighted by Crippen LogP contribution is 2.58. The Kier molecular flexibility index (Phi) is 4.78. The van der Waals surface area contributed by atoms with E-state index < -0.39 is 0 Å².